The first-order chi connectivity index (χ1) is 8.71. The second-order valence-electron chi connectivity index (χ2n) is 5.26. The SMILES string of the molecule is CC(C)(C)N(CCC(=O)O)Cc1nccn1C(F)F. The lowest BCUT2D eigenvalue weighted by Gasteiger charge is -2.35. The second kappa shape index (κ2) is 6.10. The van der Waals surface area contributed by atoms with Crippen molar-refractivity contribution >= 4 is 5.97 Å². The zero-order valence-corrected chi connectivity index (χ0v) is 11.3. The number of halogens is 2. The van der Waals surface area contributed by atoms with E-state index in [0.717, 1.165) is 4.57 Å². The fraction of sp³-hybridized carbons (Fsp3) is 0.667. The summed E-state index contributed by atoms with van der Waals surface area (Å²) in [6, 6.07) is 0. The molecule has 1 aromatic rings. The van der Waals surface area contributed by atoms with E-state index in [4.69, 9.17) is 5.11 Å². The molecule has 0 aromatic carbocycles. The van der Waals surface area contributed by atoms with Gasteiger partial charge in [-0.25, -0.2) is 4.98 Å². The lowest BCUT2D eigenvalue weighted by Crippen LogP contribution is -2.42. The predicted octanol–water partition coefficient (Wildman–Crippen LogP) is 2.35. The van der Waals surface area contributed by atoms with Gasteiger partial charge < -0.3 is 5.11 Å². The van der Waals surface area contributed by atoms with E-state index in [9.17, 15) is 13.6 Å². The second-order valence-corrected chi connectivity index (χ2v) is 5.26. The molecule has 0 aliphatic carbocycles. The van der Waals surface area contributed by atoms with Crippen molar-refractivity contribution in [3.63, 3.8) is 0 Å². The number of carboxylic acid groups (broad SMARTS) is 1. The Kier molecular flexibility index (Phi) is 4.99. The Hall–Kier alpha value is -1.50. The van der Waals surface area contributed by atoms with Gasteiger partial charge in [-0.3, -0.25) is 14.3 Å². The smallest absolute Gasteiger partial charge is 0.319 e. The Bertz CT molecular complexity index is 427. The number of rotatable bonds is 6. The molecule has 0 amide bonds. The Morgan fingerprint density at radius 2 is 2.16 bits per heavy atom. The van der Waals surface area contributed by atoms with Crippen LogP contribution >= 0.6 is 0 Å². The number of hydrogen-bond donors (Lipinski definition) is 1. The molecule has 0 saturated heterocycles. The molecule has 0 radical (unpaired) electrons. The molecule has 0 spiro atoms. The van der Waals surface area contributed by atoms with Crippen LogP contribution in [0.2, 0.25) is 0 Å². The van der Waals surface area contributed by atoms with Crippen LogP contribution in [0.1, 0.15) is 39.6 Å². The van der Waals surface area contributed by atoms with Gasteiger partial charge in [0.2, 0.25) is 0 Å². The Morgan fingerprint density at radius 3 is 2.63 bits per heavy atom. The summed E-state index contributed by atoms with van der Waals surface area (Å²) in [5.41, 5.74) is -0.325. The molecule has 0 aliphatic rings. The molecule has 5 nitrogen and oxygen atoms in total. The number of nitrogens with zero attached hydrogens (tertiary/aromatic N) is 3. The topological polar surface area (TPSA) is 58.4 Å². The maximum Gasteiger partial charge on any atom is 0.319 e. The highest BCUT2D eigenvalue weighted by molar-refractivity contribution is 5.66. The Balaban J connectivity index is 2.82. The van der Waals surface area contributed by atoms with Gasteiger partial charge in [-0.15, -0.1) is 0 Å². The quantitative estimate of drug-likeness (QED) is 0.865. The predicted molar refractivity (Wildman–Crippen MR) is 65.9 cm³/mol. The molecule has 0 bridgehead atoms. The summed E-state index contributed by atoms with van der Waals surface area (Å²) >= 11 is 0. The summed E-state index contributed by atoms with van der Waals surface area (Å²) in [5.74, 6) is -0.679. The third-order valence-electron chi connectivity index (χ3n) is 2.84. The minimum absolute atomic E-state index is 0.0351. The fourth-order valence-corrected chi connectivity index (χ4v) is 1.70. The van der Waals surface area contributed by atoms with Crippen LogP contribution in [-0.2, 0) is 11.3 Å². The zero-order valence-electron chi connectivity index (χ0n) is 11.3. The summed E-state index contributed by atoms with van der Waals surface area (Å²) in [5, 5.41) is 8.73. The van der Waals surface area contributed by atoms with E-state index in [-0.39, 0.29) is 30.9 Å². The molecule has 1 rings (SSSR count). The van der Waals surface area contributed by atoms with E-state index in [0.29, 0.717) is 0 Å². The van der Waals surface area contributed by atoms with Gasteiger partial charge in [0.05, 0.1) is 13.0 Å². The zero-order chi connectivity index (χ0) is 14.6. The van der Waals surface area contributed by atoms with Crippen LogP contribution < -0.4 is 0 Å². The maximum atomic E-state index is 12.7. The lowest BCUT2D eigenvalue weighted by atomic mass is 10.1. The number of carboxylic acids is 1. The van der Waals surface area contributed by atoms with Gasteiger partial charge in [0, 0.05) is 24.5 Å². The van der Waals surface area contributed by atoms with Crippen molar-refractivity contribution in [3.05, 3.63) is 18.2 Å². The minimum atomic E-state index is -2.64. The summed E-state index contributed by atoms with van der Waals surface area (Å²) in [6.45, 7) is 3.56. The standard InChI is InChI=1S/C12H19F2N3O2/c1-12(2,3)16(6-4-10(18)19)8-9-15-5-7-17(9)11(13)14/h5,7,11H,4,6,8H2,1-3H3,(H,18,19). The first-order valence-electron chi connectivity index (χ1n) is 5.98. The van der Waals surface area contributed by atoms with Crippen LogP contribution in [0.15, 0.2) is 12.4 Å². The molecule has 0 atom stereocenters. The van der Waals surface area contributed by atoms with Crippen LogP contribution in [0.4, 0.5) is 8.78 Å². The first-order valence-corrected chi connectivity index (χ1v) is 5.98. The van der Waals surface area contributed by atoms with Crippen molar-refractivity contribution in [3.8, 4) is 0 Å². The molecular formula is C12H19F2N3O2. The molecule has 108 valence electrons. The Labute approximate surface area is 110 Å². The molecule has 1 aromatic heterocycles. The molecule has 0 unspecified atom stereocenters. The van der Waals surface area contributed by atoms with Gasteiger partial charge in [-0.2, -0.15) is 8.78 Å². The van der Waals surface area contributed by atoms with E-state index >= 15 is 0 Å². The normalized spacial score (nSPS) is 12.4. The van der Waals surface area contributed by atoms with Gasteiger partial charge in [0.25, 0.3) is 0 Å². The summed E-state index contributed by atoms with van der Waals surface area (Å²) in [4.78, 5) is 16.4. The van der Waals surface area contributed by atoms with Crippen LogP contribution in [0, 0.1) is 0 Å². The first kappa shape index (κ1) is 15.6. The van der Waals surface area contributed by atoms with Gasteiger partial charge in [0.15, 0.2) is 0 Å². The van der Waals surface area contributed by atoms with Crippen molar-refractivity contribution in [2.24, 2.45) is 0 Å². The highest BCUT2D eigenvalue weighted by Crippen LogP contribution is 2.19. The van der Waals surface area contributed by atoms with Crippen LogP contribution in [0.3, 0.4) is 0 Å². The largest absolute Gasteiger partial charge is 0.481 e. The number of aliphatic carboxylic acids is 1. The van der Waals surface area contributed by atoms with Crippen molar-refractivity contribution in [1.82, 2.24) is 14.5 Å². The van der Waals surface area contributed by atoms with Gasteiger partial charge in [-0.1, -0.05) is 0 Å². The molecule has 0 saturated carbocycles. The number of imidazole rings is 1. The monoisotopic (exact) mass is 275 g/mol. The van der Waals surface area contributed by atoms with Crippen molar-refractivity contribution in [1.29, 1.82) is 0 Å². The highest BCUT2D eigenvalue weighted by Gasteiger charge is 2.24. The van der Waals surface area contributed by atoms with Crippen molar-refractivity contribution < 1.29 is 18.7 Å². The fourth-order valence-electron chi connectivity index (χ4n) is 1.70. The highest BCUT2D eigenvalue weighted by atomic mass is 19.3. The number of alkyl halides is 2. The van der Waals surface area contributed by atoms with E-state index in [1.165, 1.54) is 12.4 Å². The van der Waals surface area contributed by atoms with Crippen molar-refractivity contribution in [2.75, 3.05) is 6.54 Å². The van der Waals surface area contributed by atoms with Gasteiger partial charge in [-0.05, 0) is 20.8 Å². The number of hydrogen-bond acceptors (Lipinski definition) is 3. The molecule has 1 N–H and O–H groups in total. The molecule has 7 heteroatoms. The van der Waals surface area contributed by atoms with Gasteiger partial charge in [0.1, 0.15) is 5.82 Å². The molecule has 0 aliphatic heterocycles. The maximum absolute atomic E-state index is 12.7. The van der Waals surface area contributed by atoms with Crippen molar-refractivity contribution in [2.45, 2.75) is 45.8 Å². The summed E-state index contributed by atoms with van der Waals surface area (Å²) in [6.07, 6.45) is 2.50. The molecule has 1 heterocycles. The van der Waals surface area contributed by atoms with Crippen LogP contribution in [0.5, 0.6) is 0 Å². The summed E-state index contributed by atoms with van der Waals surface area (Å²) in [7, 11) is 0. The van der Waals surface area contributed by atoms with E-state index in [2.05, 4.69) is 4.98 Å². The minimum Gasteiger partial charge on any atom is -0.481 e. The third kappa shape index (κ3) is 4.59. The van der Waals surface area contributed by atoms with Gasteiger partial charge >= 0.3 is 12.5 Å². The molecule has 0 fully saturated rings. The Morgan fingerprint density at radius 1 is 1.53 bits per heavy atom. The van der Waals surface area contributed by atoms with E-state index < -0.39 is 12.5 Å². The average molecular weight is 275 g/mol. The van der Waals surface area contributed by atoms with Crippen LogP contribution in [-0.4, -0.2) is 37.6 Å². The van der Waals surface area contributed by atoms with Crippen LogP contribution in [0.25, 0.3) is 0 Å². The third-order valence-corrected chi connectivity index (χ3v) is 2.84. The average Bonchev–Trinajstić information content (AvgIpc) is 2.70. The number of aromatic nitrogens is 2. The number of carbonyl (C=O) groups is 1. The van der Waals surface area contributed by atoms with E-state index in [1.807, 2.05) is 25.7 Å². The summed E-state index contributed by atoms with van der Waals surface area (Å²) < 4.78 is 26.3. The van der Waals surface area contributed by atoms with E-state index in [1.54, 1.807) is 0 Å². The molecule has 19 heavy (non-hydrogen) atoms. The lowest BCUT2D eigenvalue weighted by molar-refractivity contribution is -0.137. The molecular weight excluding hydrogens is 256 g/mol.